The molecule has 0 radical (unpaired) electrons. The van der Waals surface area contributed by atoms with Crippen LogP contribution in [-0.4, -0.2) is 26.6 Å². The Balaban J connectivity index is 3.05. The molecular formula is C9H7ClO5S. The standard InChI is InChI=1S/C9H7ClO5S/c1-15-8(11)6-2-4-7(5-3-6)9(12)16(10,13)14/h2-5H,1H3. The molecule has 7 heteroatoms. The topological polar surface area (TPSA) is 77.5 Å². The third-order valence-corrected chi connectivity index (χ3v) is 2.86. The minimum atomic E-state index is -4.28. The number of carbonyl (C=O) groups is 2. The van der Waals surface area contributed by atoms with E-state index >= 15 is 0 Å². The molecule has 0 amide bonds. The Morgan fingerprint density at radius 1 is 1.12 bits per heavy atom. The van der Waals surface area contributed by atoms with Crippen LogP contribution in [0.25, 0.3) is 0 Å². The van der Waals surface area contributed by atoms with Gasteiger partial charge < -0.3 is 4.74 Å². The molecule has 0 bridgehead atoms. The third kappa shape index (κ3) is 2.80. The van der Waals surface area contributed by atoms with E-state index < -0.39 is 20.1 Å². The second kappa shape index (κ2) is 4.63. The predicted molar refractivity (Wildman–Crippen MR) is 56.9 cm³/mol. The summed E-state index contributed by atoms with van der Waals surface area (Å²) in [6, 6.07) is 4.94. The van der Waals surface area contributed by atoms with Crippen molar-refractivity contribution in [3.8, 4) is 0 Å². The Kier molecular flexibility index (Phi) is 3.66. The molecule has 1 rings (SSSR count). The molecule has 5 nitrogen and oxygen atoms in total. The first kappa shape index (κ1) is 12.7. The molecule has 0 atom stereocenters. The fourth-order valence-corrected chi connectivity index (χ4v) is 1.69. The highest BCUT2D eigenvalue weighted by Gasteiger charge is 2.21. The average Bonchev–Trinajstić information content (AvgIpc) is 2.26. The van der Waals surface area contributed by atoms with Crippen molar-refractivity contribution in [1.82, 2.24) is 0 Å². The first-order valence-corrected chi connectivity index (χ1v) is 6.34. The van der Waals surface area contributed by atoms with Gasteiger partial charge >= 0.3 is 5.97 Å². The zero-order chi connectivity index (χ0) is 12.3. The van der Waals surface area contributed by atoms with Gasteiger partial charge in [-0.05, 0) is 24.3 Å². The number of ether oxygens (including phenoxy) is 1. The minimum Gasteiger partial charge on any atom is -0.465 e. The monoisotopic (exact) mass is 262 g/mol. The summed E-state index contributed by atoms with van der Waals surface area (Å²) in [6.45, 7) is 0. The lowest BCUT2D eigenvalue weighted by Gasteiger charge is -2.00. The molecule has 0 N–H and O–H groups in total. The fraction of sp³-hybridized carbons (Fsp3) is 0.111. The van der Waals surface area contributed by atoms with Crippen LogP contribution in [0.4, 0.5) is 0 Å². The van der Waals surface area contributed by atoms with E-state index in [1.165, 1.54) is 31.4 Å². The molecule has 1 aromatic rings. The normalized spacial score (nSPS) is 10.9. The highest BCUT2D eigenvalue weighted by Crippen LogP contribution is 2.11. The molecular weight excluding hydrogens is 256 g/mol. The number of halogens is 1. The first-order valence-electron chi connectivity index (χ1n) is 4.03. The number of carbonyl (C=O) groups excluding carboxylic acids is 2. The summed E-state index contributed by atoms with van der Waals surface area (Å²) in [5.74, 6) is -0.576. The van der Waals surface area contributed by atoms with Crippen molar-refractivity contribution < 1.29 is 22.7 Å². The Bertz CT molecular complexity index is 517. The van der Waals surface area contributed by atoms with Gasteiger partial charge in [0.05, 0.1) is 12.7 Å². The van der Waals surface area contributed by atoms with Crippen molar-refractivity contribution >= 4 is 30.8 Å². The Labute approximate surface area is 96.4 Å². The number of hydrogen-bond acceptors (Lipinski definition) is 5. The van der Waals surface area contributed by atoms with Crippen LogP contribution >= 0.6 is 10.7 Å². The molecule has 0 aliphatic rings. The lowest BCUT2D eigenvalue weighted by atomic mass is 10.1. The molecule has 86 valence electrons. The lowest BCUT2D eigenvalue weighted by molar-refractivity contribution is 0.0600. The van der Waals surface area contributed by atoms with E-state index in [1.54, 1.807) is 0 Å². The Morgan fingerprint density at radius 3 is 1.94 bits per heavy atom. The van der Waals surface area contributed by atoms with Gasteiger partial charge in [0, 0.05) is 16.2 Å². The molecule has 0 aromatic heterocycles. The van der Waals surface area contributed by atoms with Crippen LogP contribution in [0.15, 0.2) is 24.3 Å². The van der Waals surface area contributed by atoms with E-state index in [0.29, 0.717) is 0 Å². The molecule has 0 fully saturated rings. The molecule has 0 saturated heterocycles. The van der Waals surface area contributed by atoms with Crippen molar-refractivity contribution in [2.24, 2.45) is 0 Å². The quantitative estimate of drug-likeness (QED) is 0.591. The van der Waals surface area contributed by atoms with E-state index in [4.69, 9.17) is 10.7 Å². The van der Waals surface area contributed by atoms with E-state index in [1.807, 2.05) is 0 Å². The van der Waals surface area contributed by atoms with Gasteiger partial charge in [0.1, 0.15) is 0 Å². The van der Waals surface area contributed by atoms with Gasteiger partial charge in [-0.15, -0.1) is 0 Å². The molecule has 0 unspecified atom stereocenters. The van der Waals surface area contributed by atoms with E-state index in [-0.39, 0.29) is 11.1 Å². The van der Waals surface area contributed by atoms with E-state index in [9.17, 15) is 18.0 Å². The van der Waals surface area contributed by atoms with Crippen LogP contribution in [0.5, 0.6) is 0 Å². The van der Waals surface area contributed by atoms with E-state index in [0.717, 1.165) is 0 Å². The van der Waals surface area contributed by atoms with E-state index in [2.05, 4.69) is 4.74 Å². The smallest absolute Gasteiger partial charge is 0.337 e. The second-order valence-corrected chi connectivity index (χ2v) is 5.26. The summed E-state index contributed by atoms with van der Waals surface area (Å²) in [5, 5.41) is -1.20. The molecule has 16 heavy (non-hydrogen) atoms. The van der Waals surface area contributed by atoms with Crippen LogP contribution in [-0.2, 0) is 13.8 Å². The maximum Gasteiger partial charge on any atom is 0.337 e. The molecule has 0 spiro atoms. The Hall–Kier alpha value is -1.40. The van der Waals surface area contributed by atoms with Gasteiger partial charge in [-0.1, -0.05) is 0 Å². The van der Waals surface area contributed by atoms with Crippen molar-refractivity contribution in [3.63, 3.8) is 0 Å². The summed E-state index contributed by atoms with van der Waals surface area (Å²) in [6.07, 6.45) is 0. The SMILES string of the molecule is COC(=O)c1ccc(C(=O)S(=O)(=O)Cl)cc1. The predicted octanol–water partition coefficient (Wildman–Crippen LogP) is 1.18. The molecule has 0 aliphatic carbocycles. The van der Waals surface area contributed by atoms with Crippen molar-refractivity contribution in [2.75, 3.05) is 7.11 Å². The van der Waals surface area contributed by atoms with Gasteiger partial charge in [0.25, 0.3) is 14.2 Å². The number of methoxy groups -OCH3 is 1. The summed E-state index contributed by atoms with van der Waals surface area (Å²) >= 11 is 0. The largest absolute Gasteiger partial charge is 0.465 e. The fourth-order valence-electron chi connectivity index (χ4n) is 1.00. The highest BCUT2D eigenvalue weighted by atomic mass is 35.7. The van der Waals surface area contributed by atoms with Gasteiger partial charge in [-0.3, -0.25) is 4.79 Å². The van der Waals surface area contributed by atoms with Crippen molar-refractivity contribution in [3.05, 3.63) is 35.4 Å². The Morgan fingerprint density at radius 2 is 1.56 bits per heavy atom. The second-order valence-electron chi connectivity index (χ2n) is 2.79. The molecule has 0 saturated carbocycles. The van der Waals surface area contributed by atoms with Crippen LogP contribution in [0.1, 0.15) is 20.7 Å². The number of hydrogen-bond donors (Lipinski definition) is 0. The molecule has 1 aromatic carbocycles. The van der Waals surface area contributed by atoms with Crippen LogP contribution in [0, 0.1) is 0 Å². The van der Waals surface area contributed by atoms with Crippen LogP contribution < -0.4 is 0 Å². The zero-order valence-corrected chi connectivity index (χ0v) is 9.71. The van der Waals surface area contributed by atoms with Gasteiger partial charge in [0.15, 0.2) is 0 Å². The first-order chi connectivity index (χ1) is 7.36. The molecule has 0 aliphatic heterocycles. The summed E-state index contributed by atoms with van der Waals surface area (Å²) < 4.78 is 25.9. The maximum atomic E-state index is 11.2. The van der Waals surface area contributed by atoms with Crippen LogP contribution in [0.2, 0.25) is 0 Å². The summed E-state index contributed by atoms with van der Waals surface area (Å²) in [5.41, 5.74) is 0.105. The number of esters is 1. The van der Waals surface area contributed by atoms with Gasteiger partial charge in [0.2, 0.25) is 0 Å². The van der Waals surface area contributed by atoms with Crippen LogP contribution in [0.3, 0.4) is 0 Å². The number of rotatable bonds is 2. The zero-order valence-electron chi connectivity index (χ0n) is 8.14. The summed E-state index contributed by atoms with van der Waals surface area (Å²) in [7, 11) is 1.81. The minimum absolute atomic E-state index is 0.109. The highest BCUT2D eigenvalue weighted by molar-refractivity contribution is 8.25. The lowest BCUT2D eigenvalue weighted by Crippen LogP contribution is -2.09. The summed E-state index contributed by atoms with van der Waals surface area (Å²) in [4.78, 5) is 22.2. The van der Waals surface area contributed by atoms with Gasteiger partial charge in [-0.2, -0.15) is 0 Å². The average molecular weight is 263 g/mol. The number of benzene rings is 1. The molecule has 0 heterocycles. The third-order valence-electron chi connectivity index (χ3n) is 1.76. The van der Waals surface area contributed by atoms with Crippen molar-refractivity contribution in [2.45, 2.75) is 0 Å². The maximum absolute atomic E-state index is 11.2. The van der Waals surface area contributed by atoms with Crippen molar-refractivity contribution in [1.29, 1.82) is 0 Å². The van der Waals surface area contributed by atoms with Gasteiger partial charge in [-0.25, -0.2) is 13.2 Å².